The van der Waals surface area contributed by atoms with E-state index in [1.807, 2.05) is 118 Å². The number of likely N-dealkylation sites (tertiary alicyclic amines) is 6. The quantitative estimate of drug-likeness (QED) is 0.0333. The summed E-state index contributed by atoms with van der Waals surface area (Å²) in [6, 6.07) is 0. The summed E-state index contributed by atoms with van der Waals surface area (Å²) in [5.41, 5.74) is -3.69. The van der Waals surface area contributed by atoms with Gasteiger partial charge >= 0.3 is 129 Å². The van der Waals surface area contributed by atoms with Gasteiger partial charge in [0.1, 0.15) is 56.5 Å². The van der Waals surface area contributed by atoms with Gasteiger partial charge in [0.2, 0.25) is 0 Å². The molecule has 7 aliphatic heterocycles. The fourth-order valence-electron chi connectivity index (χ4n) is 12.1. The van der Waals surface area contributed by atoms with E-state index < -0.39 is 93.8 Å². The number of amides is 6. The Morgan fingerprint density at radius 3 is 1.12 bits per heavy atom. The number of ether oxygens (including phenoxy) is 11. The number of carbonyl (C=O) groups excluding carboxylic acids is 14. The Labute approximate surface area is 885 Å². The van der Waals surface area contributed by atoms with Crippen molar-refractivity contribution >= 4 is 106 Å². The monoisotopic (exact) mass is 2080 g/mol. The zero-order valence-corrected chi connectivity index (χ0v) is 95.8. The smallest absolute Gasteiger partial charge is 0.870 e. The molecule has 7 heterocycles. The van der Waals surface area contributed by atoms with Crippen LogP contribution in [-0.2, 0) is 90.5 Å². The number of hydrogen-bond donors (Lipinski definition) is 2. The normalized spacial score (nSPS) is 20.8. The first-order valence-corrected chi connectivity index (χ1v) is 46.8. The predicted octanol–water partition coefficient (Wildman–Crippen LogP) is 11.6. The fraction of sp³-hybridized carbons (Fsp3) is 0.792. The summed E-state index contributed by atoms with van der Waals surface area (Å²) in [7, 11) is 0. The van der Waals surface area contributed by atoms with E-state index >= 15 is 0 Å². The van der Waals surface area contributed by atoms with Crippen molar-refractivity contribution < 1.29 is 227 Å². The van der Waals surface area contributed by atoms with Crippen LogP contribution in [0.1, 0.15) is 294 Å². The van der Waals surface area contributed by atoms with Crippen molar-refractivity contribution in [3.8, 4) is 0 Å². The van der Waals surface area contributed by atoms with Crippen LogP contribution in [0.2, 0.25) is 0 Å². The number of nitrogens with zero attached hydrogens (tertiary/aromatic N) is 6. The molecular formula is C96H170FIKN6NaO29. The SMILES string of the molecule is C1CCOC1.CC(C)I.CC(C)O/C=C1/CN(C(=O)OC(C)(C)C)CCC(C)(C)C1=O.CC(C)O/C=C1\CN(C(=O)OC(C)(C)C)CCC(C)C1=O.CC1CCN(C(=O)OC(C)(C)C)C/C(=C\O)C1=O.CC1CCN(C(=O)OC(C)(C)C)CCC1=O.CCOC(=O)C1(C)CCN(C(=O)OC(C)(C)C)CCC1=O.CCOC(=O)C1CCN(C(=O)OC(C)(C)C)CCC1=O.CO.[2H]CF.[K+].[Na+].[OH-].[OH-]. The number of hydrogen-bond acceptors (Lipinski definition) is 29. The minimum absolute atomic E-state index is 0. The fourth-order valence-corrected chi connectivity index (χ4v) is 12.1. The number of alkyl halides is 2. The summed E-state index contributed by atoms with van der Waals surface area (Å²) in [5.74, 6) is -2.16. The van der Waals surface area contributed by atoms with Gasteiger partial charge < -0.3 is 103 Å². The summed E-state index contributed by atoms with van der Waals surface area (Å²) >= 11 is 2.34. The van der Waals surface area contributed by atoms with Crippen molar-refractivity contribution in [1.82, 2.24) is 29.4 Å². The number of ketones is 6. The topological polar surface area (TPSA) is 460 Å². The zero-order chi connectivity index (χ0) is 103. The Bertz CT molecular complexity index is 3700. The van der Waals surface area contributed by atoms with E-state index in [0.717, 1.165) is 36.9 Å². The summed E-state index contributed by atoms with van der Waals surface area (Å²) in [6.45, 7) is 65.7. The molecule has 0 radical (unpaired) electrons. The molecule has 0 aromatic carbocycles. The van der Waals surface area contributed by atoms with Gasteiger partial charge in [-0.2, -0.15) is 0 Å². The molecule has 35 nitrogen and oxygen atoms in total. The summed E-state index contributed by atoms with van der Waals surface area (Å²) in [4.78, 5) is 177. The van der Waals surface area contributed by atoms with Crippen LogP contribution < -0.4 is 80.9 Å². The van der Waals surface area contributed by atoms with Crippen LogP contribution >= 0.6 is 22.6 Å². The van der Waals surface area contributed by atoms with Gasteiger partial charge in [-0.15, -0.1) is 0 Å². The molecule has 39 heteroatoms. The molecule has 7 fully saturated rings. The van der Waals surface area contributed by atoms with Gasteiger partial charge in [-0.05, 0) is 224 Å². The van der Waals surface area contributed by atoms with Gasteiger partial charge in [0.15, 0.2) is 23.1 Å². The van der Waals surface area contributed by atoms with Gasteiger partial charge in [-0.1, -0.05) is 71.1 Å². The van der Waals surface area contributed by atoms with E-state index in [1.165, 1.54) is 40.1 Å². The second-order valence-corrected chi connectivity index (χ2v) is 42.5. The Balaban J connectivity index is -0.000000284. The van der Waals surface area contributed by atoms with E-state index in [0.29, 0.717) is 82.6 Å². The Morgan fingerprint density at radius 2 is 0.770 bits per heavy atom. The van der Waals surface area contributed by atoms with Crippen LogP contribution in [0.4, 0.5) is 33.2 Å². The van der Waals surface area contributed by atoms with E-state index in [4.69, 9.17) is 63.7 Å². The Kier molecular flexibility index (Phi) is 71.8. The van der Waals surface area contributed by atoms with Gasteiger partial charge in [-0.3, -0.25) is 42.7 Å². The predicted molar refractivity (Wildman–Crippen MR) is 512 cm³/mol. The third-order valence-corrected chi connectivity index (χ3v) is 19.2. The van der Waals surface area contributed by atoms with Crippen molar-refractivity contribution in [1.29, 1.82) is 0 Å². The molecule has 7 saturated heterocycles. The van der Waals surface area contributed by atoms with Crippen LogP contribution in [-0.4, -0.2) is 303 Å². The molecule has 0 aliphatic carbocycles. The number of halogens is 2. The molecule has 7 rings (SSSR count). The van der Waals surface area contributed by atoms with Crippen LogP contribution in [0.5, 0.6) is 0 Å². The molecule has 5 atom stereocenters. The molecule has 135 heavy (non-hydrogen) atoms. The Morgan fingerprint density at radius 1 is 0.474 bits per heavy atom. The van der Waals surface area contributed by atoms with Crippen LogP contribution in [0, 0.1) is 34.5 Å². The minimum atomic E-state index is -1.17. The van der Waals surface area contributed by atoms with Crippen LogP contribution in [0.15, 0.2) is 35.5 Å². The van der Waals surface area contributed by atoms with E-state index in [-0.39, 0.29) is 246 Å². The molecular weight excluding hydrogens is 1910 g/mol. The molecule has 0 aromatic rings. The molecule has 5 unspecified atom stereocenters. The molecule has 0 aromatic heterocycles. The van der Waals surface area contributed by atoms with E-state index in [9.17, 15) is 71.5 Å². The van der Waals surface area contributed by atoms with E-state index in [2.05, 4.69) is 36.4 Å². The van der Waals surface area contributed by atoms with Crippen molar-refractivity contribution in [2.45, 2.75) is 342 Å². The minimum Gasteiger partial charge on any atom is -0.870 e. The first kappa shape index (κ1) is 140. The number of Topliss-reactive ketones (excluding diaryl/α,β-unsaturated/α-hetero) is 6. The number of rotatable bonds is 8. The summed E-state index contributed by atoms with van der Waals surface area (Å²) in [6.07, 6.45) is 7.70. The molecule has 4 N–H and O–H groups in total. The standard InChI is InChI=1S/C17H29NO4.C16H27NO4.C15H25NO5.C14H23NO5.C13H21NO4.C12H21NO3.C4H8O.C3H7I.CH3F.CH4O.K.Na.2H2O/c1-12(2)21-11-13-10-18(15(20)22-16(3,4)5)9-8-17(6,7)14(13)19;1-11(2)20-10-13-9-17(8-7-12(3)14(13)18)15(19)21-16(4,5)6;1-6-20-12(18)15(5)8-10-16(9-7-11(15)17)13(19)21-14(2,3)4;1-5-19-12(17)10-6-8-15(9-7-11(10)16)13(18)20-14(2,3)4;1-9-5-6-14(7-10(8-15)11(9)16)12(17)18-13(2,3)4;1-9-5-7-13(8-6-10(9)14)11(15)16-12(2,3)4;1-2-4-5-3-1;1-3(2)4;2*1-2;;;;/h11-12H,8-10H2,1-7H3;10-12H,7-9H2,1-6H3;6-10H2,1-5H3;10H,5-9H2,1-4H3;8-9,15H,5-7H2,1-4H3;9H,5-8H2,1-4H3;1-4H2;3H,1-2H3;1H3;2H,1H3;;;2*1H2/q;;;;;;;;;;2*+1;;/p-2/b13-11-;13-10+;;;10-8+;;;;;;;;;/i;;;;;;;;1D;;;;;. The van der Waals surface area contributed by atoms with Gasteiger partial charge in [0.25, 0.3) is 0 Å². The maximum absolute atomic E-state index is 12.6. The second kappa shape index (κ2) is 69.3. The largest absolute Gasteiger partial charge is 1.00 e. The van der Waals surface area contributed by atoms with Gasteiger partial charge in [0.05, 0.1) is 72.4 Å². The first-order valence-electron chi connectivity index (χ1n) is 46.2. The molecule has 0 saturated carbocycles. The van der Waals surface area contributed by atoms with Gasteiger partial charge in [-0.25, -0.2) is 28.8 Å². The number of carbonyl (C=O) groups is 14. The molecule has 0 spiro atoms. The molecule has 0 bridgehead atoms. The summed E-state index contributed by atoms with van der Waals surface area (Å²) in [5, 5.41) is 16.1. The number of esters is 2. The average molecular weight is 2080 g/mol. The maximum atomic E-state index is 12.6. The number of aliphatic hydroxyl groups is 2. The third-order valence-electron chi connectivity index (χ3n) is 19.2. The maximum Gasteiger partial charge on any atom is 1.00 e. The van der Waals surface area contributed by atoms with Crippen molar-refractivity contribution in [3.05, 3.63) is 35.5 Å². The average Bonchev–Trinajstić information content (AvgIpc) is 1.63. The molecule has 774 valence electrons. The Hall–Kier alpha value is -5.66. The third kappa shape index (κ3) is 63.0. The molecule has 7 aliphatic rings. The van der Waals surface area contributed by atoms with Crippen molar-refractivity contribution in [2.24, 2.45) is 34.5 Å². The summed E-state index contributed by atoms with van der Waals surface area (Å²) < 4.78 is 73.9. The van der Waals surface area contributed by atoms with Crippen molar-refractivity contribution in [2.75, 3.05) is 119 Å². The first-order chi connectivity index (χ1) is 60.5. The van der Waals surface area contributed by atoms with Crippen molar-refractivity contribution in [3.63, 3.8) is 0 Å². The van der Waals surface area contributed by atoms with Crippen LogP contribution in [0.25, 0.3) is 0 Å². The van der Waals surface area contributed by atoms with Gasteiger partial charge in [0, 0.05) is 142 Å². The van der Waals surface area contributed by atoms with E-state index in [1.54, 1.807) is 105 Å². The zero-order valence-electron chi connectivity index (χ0n) is 89.5. The molecule has 6 amide bonds. The number of aliphatic hydroxyl groups excluding tert-OH is 2. The van der Waals surface area contributed by atoms with Crippen LogP contribution in [0.3, 0.4) is 0 Å². The second-order valence-electron chi connectivity index (χ2n) is 40.0.